The van der Waals surface area contributed by atoms with Crippen LogP contribution in [0, 0.1) is 12.3 Å². The number of hydrogen-bond acceptors (Lipinski definition) is 6. The van der Waals surface area contributed by atoms with Crippen molar-refractivity contribution >= 4 is 23.1 Å². The van der Waals surface area contributed by atoms with Crippen LogP contribution in [-0.2, 0) is 17.5 Å². The van der Waals surface area contributed by atoms with Crippen molar-refractivity contribution in [1.29, 1.82) is 0 Å². The standard InChI is InChI=1S/C25H23F3N4O3/c1-15-2-5-21(20(8-15)25(26,27)28)32-18-4-3-17(30-13-18)12-31-23(35)24(6-7-24)10-22(34)16-9-19(33)14-29-11-16/h2-5,8-9,11,13-14,32-33H,6-7,10,12H2,1H3,(H,31,35). The number of amides is 1. The van der Waals surface area contributed by atoms with E-state index in [1.807, 2.05) is 0 Å². The topological polar surface area (TPSA) is 104 Å². The molecule has 0 spiro atoms. The summed E-state index contributed by atoms with van der Waals surface area (Å²) >= 11 is 0. The molecule has 1 amide bonds. The number of halogens is 3. The number of carbonyl (C=O) groups is 2. The van der Waals surface area contributed by atoms with Gasteiger partial charge in [0, 0.05) is 18.2 Å². The Hall–Kier alpha value is -3.95. The molecule has 10 heteroatoms. The first-order chi connectivity index (χ1) is 16.6. The number of nitrogens with zero attached hydrogens (tertiary/aromatic N) is 2. The van der Waals surface area contributed by atoms with Crippen molar-refractivity contribution in [2.75, 3.05) is 5.32 Å². The summed E-state index contributed by atoms with van der Waals surface area (Å²) < 4.78 is 40.0. The van der Waals surface area contributed by atoms with Crippen LogP contribution in [0.25, 0.3) is 0 Å². The Balaban J connectivity index is 1.35. The molecule has 1 fully saturated rings. The predicted molar refractivity (Wildman–Crippen MR) is 122 cm³/mol. The van der Waals surface area contributed by atoms with Crippen LogP contribution in [0.4, 0.5) is 24.5 Å². The van der Waals surface area contributed by atoms with E-state index in [9.17, 15) is 27.9 Å². The highest BCUT2D eigenvalue weighted by molar-refractivity contribution is 6.00. The first kappa shape index (κ1) is 24.2. The highest BCUT2D eigenvalue weighted by Crippen LogP contribution is 2.49. The number of carbonyl (C=O) groups excluding carboxylic acids is 2. The second kappa shape index (κ2) is 9.36. The van der Waals surface area contributed by atoms with Gasteiger partial charge in [-0.05, 0) is 50.1 Å². The maximum absolute atomic E-state index is 13.3. The molecule has 35 heavy (non-hydrogen) atoms. The number of pyridine rings is 2. The van der Waals surface area contributed by atoms with E-state index in [-0.39, 0.29) is 41.7 Å². The number of hydrogen-bond donors (Lipinski definition) is 3. The summed E-state index contributed by atoms with van der Waals surface area (Å²) in [6.07, 6.45) is 0.634. The van der Waals surface area contributed by atoms with Gasteiger partial charge in [0.25, 0.3) is 0 Å². The zero-order valence-electron chi connectivity index (χ0n) is 18.8. The highest BCUT2D eigenvalue weighted by Gasteiger charge is 2.51. The van der Waals surface area contributed by atoms with E-state index in [0.717, 1.165) is 6.07 Å². The zero-order chi connectivity index (χ0) is 25.2. The molecule has 0 saturated heterocycles. The average molecular weight is 484 g/mol. The summed E-state index contributed by atoms with van der Waals surface area (Å²) in [7, 11) is 0. The summed E-state index contributed by atoms with van der Waals surface area (Å²) in [5.41, 5.74) is 0.00929. The van der Waals surface area contributed by atoms with Gasteiger partial charge < -0.3 is 15.7 Å². The molecule has 3 aromatic rings. The smallest absolute Gasteiger partial charge is 0.418 e. The number of Topliss-reactive ketones (excluding diaryl/α,β-unsaturated/α-hetero) is 1. The molecule has 182 valence electrons. The van der Waals surface area contributed by atoms with Crippen LogP contribution in [0.15, 0.2) is 55.0 Å². The van der Waals surface area contributed by atoms with Gasteiger partial charge in [0.2, 0.25) is 5.91 Å². The minimum absolute atomic E-state index is 0.0122. The van der Waals surface area contributed by atoms with E-state index in [1.54, 1.807) is 25.1 Å². The third-order valence-corrected chi connectivity index (χ3v) is 5.89. The van der Waals surface area contributed by atoms with Crippen LogP contribution < -0.4 is 10.6 Å². The molecule has 0 bridgehead atoms. The first-order valence-corrected chi connectivity index (χ1v) is 10.9. The Labute approximate surface area is 199 Å². The number of nitrogens with one attached hydrogen (secondary N) is 2. The maximum atomic E-state index is 13.3. The highest BCUT2D eigenvalue weighted by atomic mass is 19.4. The Bertz CT molecular complexity index is 1260. The van der Waals surface area contributed by atoms with Gasteiger partial charge in [0.15, 0.2) is 5.78 Å². The lowest BCUT2D eigenvalue weighted by atomic mass is 9.95. The van der Waals surface area contributed by atoms with Crippen LogP contribution in [-0.4, -0.2) is 26.8 Å². The Kier molecular flexibility index (Phi) is 6.47. The lowest BCUT2D eigenvalue weighted by Crippen LogP contribution is -2.33. The van der Waals surface area contributed by atoms with Crippen molar-refractivity contribution in [3.8, 4) is 5.75 Å². The van der Waals surface area contributed by atoms with Crippen molar-refractivity contribution in [2.45, 2.75) is 38.9 Å². The molecular formula is C25H23F3N4O3. The van der Waals surface area contributed by atoms with E-state index in [1.165, 1.54) is 30.7 Å². The average Bonchev–Trinajstić information content (AvgIpc) is 3.59. The first-order valence-electron chi connectivity index (χ1n) is 10.9. The molecule has 4 rings (SSSR count). The van der Waals surface area contributed by atoms with Crippen molar-refractivity contribution in [1.82, 2.24) is 15.3 Å². The fraction of sp³-hybridized carbons (Fsp3) is 0.280. The number of ketones is 1. The van der Waals surface area contributed by atoms with Gasteiger partial charge in [-0.25, -0.2) is 0 Å². The lowest BCUT2D eigenvalue weighted by molar-refractivity contribution is -0.137. The van der Waals surface area contributed by atoms with Gasteiger partial charge in [0.05, 0.1) is 47.0 Å². The van der Waals surface area contributed by atoms with Gasteiger partial charge in [-0.15, -0.1) is 0 Å². The fourth-order valence-electron chi connectivity index (χ4n) is 3.74. The molecular weight excluding hydrogens is 461 g/mol. The van der Waals surface area contributed by atoms with Gasteiger partial charge in [-0.2, -0.15) is 13.2 Å². The molecule has 0 atom stereocenters. The normalized spacial score (nSPS) is 14.3. The van der Waals surface area contributed by atoms with E-state index < -0.39 is 17.2 Å². The predicted octanol–water partition coefficient (Wildman–Crippen LogP) is 4.92. The SMILES string of the molecule is Cc1ccc(Nc2ccc(CNC(=O)C3(CC(=O)c4cncc(O)c4)CC3)nc2)c(C(F)(F)F)c1. The molecule has 2 aromatic heterocycles. The van der Waals surface area contributed by atoms with E-state index in [0.29, 0.717) is 29.8 Å². The number of anilines is 2. The van der Waals surface area contributed by atoms with Crippen molar-refractivity contribution in [2.24, 2.45) is 5.41 Å². The molecule has 0 radical (unpaired) electrons. The van der Waals surface area contributed by atoms with Gasteiger partial charge in [-0.3, -0.25) is 19.6 Å². The van der Waals surface area contributed by atoms with Gasteiger partial charge in [-0.1, -0.05) is 11.6 Å². The third kappa shape index (κ3) is 5.76. The zero-order valence-corrected chi connectivity index (χ0v) is 18.8. The molecule has 3 N–H and O–H groups in total. The third-order valence-electron chi connectivity index (χ3n) is 5.89. The van der Waals surface area contributed by atoms with E-state index >= 15 is 0 Å². The molecule has 0 aliphatic heterocycles. The number of aromatic hydroxyl groups is 1. The molecule has 1 aliphatic carbocycles. The summed E-state index contributed by atoms with van der Waals surface area (Å²) in [5.74, 6) is -0.660. The van der Waals surface area contributed by atoms with Crippen LogP contribution in [0.1, 0.15) is 46.4 Å². The van der Waals surface area contributed by atoms with Crippen molar-refractivity contribution in [3.63, 3.8) is 0 Å². The summed E-state index contributed by atoms with van der Waals surface area (Å²) in [6, 6.07) is 8.54. The maximum Gasteiger partial charge on any atom is 0.418 e. The number of alkyl halides is 3. The van der Waals surface area contributed by atoms with Gasteiger partial charge >= 0.3 is 6.18 Å². The van der Waals surface area contributed by atoms with Gasteiger partial charge in [0.1, 0.15) is 5.75 Å². The monoisotopic (exact) mass is 484 g/mol. The second-order valence-electron chi connectivity index (χ2n) is 8.70. The van der Waals surface area contributed by atoms with Crippen LogP contribution >= 0.6 is 0 Å². The quantitative estimate of drug-likeness (QED) is 0.392. The molecule has 1 aromatic carbocycles. The van der Waals surface area contributed by atoms with E-state index in [2.05, 4.69) is 20.6 Å². The Morgan fingerprint density at radius 1 is 1.09 bits per heavy atom. The van der Waals surface area contributed by atoms with E-state index in [4.69, 9.17) is 0 Å². The molecule has 7 nitrogen and oxygen atoms in total. The Morgan fingerprint density at radius 3 is 2.49 bits per heavy atom. The summed E-state index contributed by atoms with van der Waals surface area (Å²) in [5, 5.41) is 15.0. The van der Waals surface area contributed by atoms with Crippen molar-refractivity contribution < 1.29 is 27.9 Å². The molecule has 1 saturated carbocycles. The molecule has 0 unspecified atom stereocenters. The summed E-state index contributed by atoms with van der Waals surface area (Å²) in [4.78, 5) is 33.2. The minimum Gasteiger partial charge on any atom is -0.506 e. The number of benzene rings is 1. The largest absolute Gasteiger partial charge is 0.506 e. The molecule has 1 aliphatic rings. The molecule has 2 heterocycles. The number of rotatable bonds is 8. The lowest BCUT2D eigenvalue weighted by Gasteiger charge is -2.16. The minimum atomic E-state index is -4.50. The van der Waals surface area contributed by atoms with Crippen LogP contribution in [0.5, 0.6) is 5.75 Å². The number of aryl methyl sites for hydroxylation is 1. The number of aromatic nitrogens is 2. The second-order valence-corrected chi connectivity index (χ2v) is 8.70. The van der Waals surface area contributed by atoms with Crippen LogP contribution in [0.3, 0.4) is 0 Å². The Morgan fingerprint density at radius 2 is 1.86 bits per heavy atom. The fourth-order valence-corrected chi connectivity index (χ4v) is 3.74. The van der Waals surface area contributed by atoms with Crippen LogP contribution in [0.2, 0.25) is 0 Å². The van der Waals surface area contributed by atoms with Crippen molar-refractivity contribution in [3.05, 3.63) is 77.4 Å². The summed E-state index contributed by atoms with van der Waals surface area (Å²) in [6.45, 7) is 1.70.